The van der Waals surface area contributed by atoms with Crippen LogP contribution in [0.1, 0.15) is 26.2 Å². The SMILES string of the molecule is CCCOC[C@@H]1CCN(C(=O)CCn2cncn2)C1. The highest BCUT2D eigenvalue weighted by Crippen LogP contribution is 2.17. The van der Waals surface area contributed by atoms with Crippen LogP contribution < -0.4 is 0 Å². The molecule has 0 spiro atoms. The van der Waals surface area contributed by atoms with E-state index in [0.717, 1.165) is 39.1 Å². The minimum Gasteiger partial charge on any atom is -0.381 e. The van der Waals surface area contributed by atoms with Gasteiger partial charge in [-0.1, -0.05) is 6.92 Å². The molecule has 2 rings (SSSR count). The van der Waals surface area contributed by atoms with Gasteiger partial charge < -0.3 is 9.64 Å². The number of carbonyl (C=O) groups is 1. The van der Waals surface area contributed by atoms with Crippen molar-refractivity contribution in [2.45, 2.75) is 32.7 Å². The summed E-state index contributed by atoms with van der Waals surface area (Å²) in [5.41, 5.74) is 0. The zero-order chi connectivity index (χ0) is 13.5. The predicted molar refractivity (Wildman–Crippen MR) is 70.4 cm³/mol. The van der Waals surface area contributed by atoms with Gasteiger partial charge in [-0.25, -0.2) is 4.98 Å². The van der Waals surface area contributed by atoms with Gasteiger partial charge >= 0.3 is 0 Å². The Morgan fingerprint density at radius 1 is 1.53 bits per heavy atom. The van der Waals surface area contributed by atoms with Crippen LogP contribution in [0, 0.1) is 5.92 Å². The summed E-state index contributed by atoms with van der Waals surface area (Å²) in [6.45, 7) is 5.99. The fourth-order valence-electron chi connectivity index (χ4n) is 2.31. The number of hydrogen-bond donors (Lipinski definition) is 0. The largest absolute Gasteiger partial charge is 0.381 e. The van der Waals surface area contributed by atoms with Crippen molar-refractivity contribution in [2.75, 3.05) is 26.3 Å². The van der Waals surface area contributed by atoms with Gasteiger partial charge in [0.2, 0.25) is 5.91 Å². The van der Waals surface area contributed by atoms with E-state index in [1.807, 2.05) is 4.90 Å². The first-order valence-corrected chi connectivity index (χ1v) is 6.97. The van der Waals surface area contributed by atoms with Gasteiger partial charge in [-0.15, -0.1) is 0 Å². The van der Waals surface area contributed by atoms with Gasteiger partial charge in [0.05, 0.1) is 13.2 Å². The molecule has 0 radical (unpaired) electrons. The molecule has 19 heavy (non-hydrogen) atoms. The quantitative estimate of drug-likeness (QED) is 0.689. The Morgan fingerprint density at radius 2 is 2.42 bits per heavy atom. The second-order valence-corrected chi connectivity index (χ2v) is 4.98. The van der Waals surface area contributed by atoms with Crippen molar-refractivity contribution < 1.29 is 9.53 Å². The average Bonchev–Trinajstić information content (AvgIpc) is 3.07. The Bertz CT molecular complexity index is 380. The van der Waals surface area contributed by atoms with Crippen molar-refractivity contribution in [3.63, 3.8) is 0 Å². The van der Waals surface area contributed by atoms with Crippen LogP contribution in [0.5, 0.6) is 0 Å². The number of carbonyl (C=O) groups excluding carboxylic acids is 1. The zero-order valence-corrected chi connectivity index (χ0v) is 11.5. The maximum atomic E-state index is 12.0. The molecular weight excluding hydrogens is 244 g/mol. The molecule has 1 atom stereocenters. The van der Waals surface area contributed by atoms with E-state index in [1.165, 1.54) is 6.33 Å². The number of rotatable bonds is 7. The van der Waals surface area contributed by atoms with Crippen molar-refractivity contribution >= 4 is 5.91 Å². The molecule has 0 bridgehead atoms. The highest BCUT2D eigenvalue weighted by molar-refractivity contribution is 5.76. The number of amides is 1. The Kier molecular flexibility index (Phi) is 5.32. The summed E-state index contributed by atoms with van der Waals surface area (Å²) < 4.78 is 7.24. The molecule has 0 unspecified atom stereocenters. The lowest BCUT2D eigenvalue weighted by Gasteiger charge is -2.16. The fourth-order valence-corrected chi connectivity index (χ4v) is 2.31. The molecule has 1 aliphatic rings. The highest BCUT2D eigenvalue weighted by Gasteiger charge is 2.25. The summed E-state index contributed by atoms with van der Waals surface area (Å²) >= 11 is 0. The molecule has 1 fully saturated rings. The lowest BCUT2D eigenvalue weighted by molar-refractivity contribution is -0.130. The van der Waals surface area contributed by atoms with Crippen molar-refractivity contribution in [3.8, 4) is 0 Å². The molecule has 0 N–H and O–H groups in total. The van der Waals surface area contributed by atoms with Gasteiger partial charge in [-0.05, 0) is 12.8 Å². The van der Waals surface area contributed by atoms with Crippen LogP contribution in [0.4, 0.5) is 0 Å². The fraction of sp³-hybridized carbons (Fsp3) is 0.769. The van der Waals surface area contributed by atoms with E-state index in [1.54, 1.807) is 11.0 Å². The van der Waals surface area contributed by atoms with Crippen LogP contribution in [0.2, 0.25) is 0 Å². The van der Waals surface area contributed by atoms with Crippen molar-refractivity contribution in [3.05, 3.63) is 12.7 Å². The third kappa shape index (κ3) is 4.31. The van der Waals surface area contributed by atoms with E-state index in [0.29, 0.717) is 18.9 Å². The van der Waals surface area contributed by atoms with E-state index in [9.17, 15) is 4.79 Å². The van der Waals surface area contributed by atoms with E-state index in [4.69, 9.17) is 4.74 Å². The second-order valence-electron chi connectivity index (χ2n) is 4.98. The molecule has 1 saturated heterocycles. The normalized spacial score (nSPS) is 19.0. The van der Waals surface area contributed by atoms with E-state index in [-0.39, 0.29) is 5.91 Å². The van der Waals surface area contributed by atoms with Crippen molar-refractivity contribution in [1.29, 1.82) is 0 Å². The molecule has 1 amide bonds. The van der Waals surface area contributed by atoms with Gasteiger partial charge in [0.25, 0.3) is 0 Å². The third-order valence-corrected chi connectivity index (χ3v) is 3.36. The molecule has 6 heteroatoms. The number of aryl methyl sites for hydroxylation is 1. The highest BCUT2D eigenvalue weighted by atomic mass is 16.5. The molecule has 1 aromatic rings. The van der Waals surface area contributed by atoms with Crippen molar-refractivity contribution in [1.82, 2.24) is 19.7 Å². The first-order valence-electron chi connectivity index (χ1n) is 6.97. The van der Waals surface area contributed by atoms with E-state index >= 15 is 0 Å². The van der Waals surface area contributed by atoms with Crippen LogP contribution >= 0.6 is 0 Å². The van der Waals surface area contributed by atoms with Crippen LogP contribution in [0.15, 0.2) is 12.7 Å². The van der Waals surface area contributed by atoms with Gasteiger partial charge in [0.15, 0.2) is 0 Å². The predicted octanol–water partition coefficient (Wildman–Crippen LogP) is 0.943. The summed E-state index contributed by atoms with van der Waals surface area (Å²) in [5.74, 6) is 0.704. The molecule has 0 aromatic carbocycles. The molecule has 2 heterocycles. The first-order chi connectivity index (χ1) is 9.29. The van der Waals surface area contributed by atoms with Crippen molar-refractivity contribution in [2.24, 2.45) is 5.92 Å². The molecule has 0 aliphatic carbocycles. The first kappa shape index (κ1) is 14.0. The van der Waals surface area contributed by atoms with E-state index in [2.05, 4.69) is 17.0 Å². The van der Waals surface area contributed by atoms with Crippen LogP contribution in [0.3, 0.4) is 0 Å². The van der Waals surface area contributed by atoms with Crippen LogP contribution in [0.25, 0.3) is 0 Å². The zero-order valence-electron chi connectivity index (χ0n) is 11.5. The molecule has 1 aromatic heterocycles. The maximum Gasteiger partial charge on any atom is 0.224 e. The van der Waals surface area contributed by atoms with Crippen LogP contribution in [-0.2, 0) is 16.1 Å². The Labute approximate surface area is 113 Å². The number of nitrogens with zero attached hydrogens (tertiary/aromatic N) is 4. The maximum absolute atomic E-state index is 12.0. The van der Waals surface area contributed by atoms with Gasteiger partial charge in [0, 0.05) is 32.0 Å². The molecule has 1 aliphatic heterocycles. The number of hydrogen-bond acceptors (Lipinski definition) is 4. The summed E-state index contributed by atoms with van der Waals surface area (Å²) in [6.07, 6.45) is 5.72. The Balaban J connectivity index is 1.66. The molecule has 106 valence electrons. The molecule has 6 nitrogen and oxygen atoms in total. The lowest BCUT2D eigenvalue weighted by atomic mass is 10.1. The minimum atomic E-state index is 0.202. The smallest absolute Gasteiger partial charge is 0.224 e. The Morgan fingerprint density at radius 3 is 3.16 bits per heavy atom. The molecule has 0 saturated carbocycles. The summed E-state index contributed by atoms with van der Waals surface area (Å²) in [5, 5.41) is 3.99. The number of aromatic nitrogens is 3. The van der Waals surface area contributed by atoms with Gasteiger partial charge in [0.1, 0.15) is 12.7 Å². The summed E-state index contributed by atoms with van der Waals surface area (Å²) in [6, 6.07) is 0. The third-order valence-electron chi connectivity index (χ3n) is 3.36. The van der Waals surface area contributed by atoms with Gasteiger partial charge in [-0.2, -0.15) is 5.10 Å². The standard InChI is InChI=1S/C13H22N4O2/c1-2-7-19-9-12-3-5-16(8-12)13(18)4-6-17-11-14-10-15-17/h10-12H,2-9H2,1H3/t12-/m1/s1. The van der Waals surface area contributed by atoms with Crippen LogP contribution in [-0.4, -0.2) is 51.9 Å². The lowest BCUT2D eigenvalue weighted by Crippen LogP contribution is -2.30. The Hall–Kier alpha value is -1.43. The monoisotopic (exact) mass is 266 g/mol. The summed E-state index contributed by atoms with van der Waals surface area (Å²) in [7, 11) is 0. The topological polar surface area (TPSA) is 60.2 Å². The minimum absolute atomic E-state index is 0.202. The average molecular weight is 266 g/mol. The number of likely N-dealkylation sites (tertiary alicyclic amines) is 1. The summed E-state index contributed by atoms with van der Waals surface area (Å²) in [4.78, 5) is 17.8. The molecular formula is C13H22N4O2. The van der Waals surface area contributed by atoms with E-state index < -0.39 is 0 Å². The number of ether oxygens (including phenoxy) is 1. The second kappa shape index (κ2) is 7.23. The van der Waals surface area contributed by atoms with Gasteiger partial charge in [-0.3, -0.25) is 9.48 Å².